The number of nitrogens with zero attached hydrogens (tertiary/aromatic N) is 2. The third kappa shape index (κ3) is 6.63. The van der Waals surface area contributed by atoms with E-state index in [1.165, 1.54) is 11.3 Å². The average molecular weight is 581 g/mol. The molecule has 1 aromatic carbocycles. The number of benzene rings is 1. The quantitative estimate of drug-likeness (QED) is 0.219. The van der Waals surface area contributed by atoms with Gasteiger partial charge in [0.15, 0.2) is 0 Å². The Bertz CT molecular complexity index is 1450. The number of amides is 4. The maximum absolute atomic E-state index is 12.7. The van der Waals surface area contributed by atoms with Crippen LogP contribution in [0.1, 0.15) is 85.7 Å². The van der Waals surface area contributed by atoms with Crippen LogP contribution in [-0.2, 0) is 36.9 Å². The number of carbonyl (C=O) groups is 5. The Morgan fingerprint density at radius 3 is 2.29 bits per heavy atom. The first-order valence-corrected chi connectivity index (χ1v) is 14.8. The number of hydrogen-bond acceptors (Lipinski definition) is 9. The van der Waals surface area contributed by atoms with Crippen molar-refractivity contribution >= 4 is 46.3 Å². The lowest BCUT2D eigenvalue weighted by atomic mass is 9.90. The lowest BCUT2D eigenvalue weighted by Crippen LogP contribution is -2.36. The predicted octanol–water partition coefficient (Wildman–Crippen LogP) is 2.29. The second-order valence-corrected chi connectivity index (χ2v) is 11.0. The number of hydrogen-bond donors (Lipinski definition) is 2. The summed E-state index contributed by atoms with van der Waals surface area (Å²) in [6.45, 7) is 2.41. The van der Waals surface area contributed by atoms with Gasteiger partial charge >= 0.3 is 11.6 Å². The number of nitrogens with one attached hydrogen (secondary N) is 2. The van der Waals surface area contributed by atoms with Crippen LogP contribution in [0, 0.1) is 0 Å². The van der Waals surface area contributed by atoms with Crippen molar-refractivity contribution in [3.8, 4) is 0 Å². The van der Waals surface area contributed by atoms with Crippen molar-refractivity contribution < 1.29 is 33.2 Å². The molecule has 0 spiro atoms. The molecule has 0 aliphatic carbocycles. The third-order valence-corrected chi connectivity index (χ3v) is 7.93. The van der Waals surface area contributed by atoms with E-state index >= 15 is 0 Å². The van der Waals surface area contributed by atoms with Crippen LogP contribution in [0.2, 0.25) is 0 Å². The molecule has 0 bridgehead atoms. The molecule has 12 nitrogen and oxygen atoms in total. The highest BCUT2D eigenvalue weighted by molar-refractivity contribution is 6.01. The zero-order valence-electron chi connectivity index (χ0n) is 23.6. The van der Waals surface area contributed by atoms with Crippen molar-refractivity contribution in [1.29, 1.82) is 0 Å². The second kappa shape index (κ2) is 13.2. The summed E-state index contributed by atoms with van der Waals surface area (Å²) in [5.41, 5.74) is 3.36. The molecule has 1 aromatic heterocycles. The standard InChI is InChI=1S/C30H36N4O8/c35-23(9-3-1-2-4-10-26(38)42-34-24(36)11-12-25(34)37)31-13-14-32-29(39)22-18-20-17-19-7-5-15-33-16-6-8-21(27(19)33)28(20)41-30(22)40/h17-18H,1-16H2,(H,31,35)(H,32,39). The summed E-state index contributed by atoms with van der Waals surface area (Å²) in [7, 11) is 0. The Morgan fingerprint density at radius 1 is 0.833 bits per heavy atom. The third-order valence-electron chi connectivity index (χ3n) is 7.93. The number of anilines is 1. The minimum Gasteiger partial charge on any atom is -0.422 e. The molecule has 0 unspecified atom stereocenters. The molecule has 12 heteroatoms. The summed E-state index contributed by atoms with van der Waals surface area (Å²) in [5, 5.41) is 6.74. The zero-order valence-corrected chi connectivity index (χ0v) is 23.6. The number of unbranched alkanes of at least 4 members (excludes halogenated alkanes) is 3. The van der Waals surface area contributed by atoms with Crippen LogP contribution in [0.4, 0.5) is 5.69 Å². The number of imide groups is 1. The smallest absolute Gasteiger partial charge is 0.349 e. The summed E-state index contributed by atoms with van der Waals surface area (Å²) < 4.78 is 5.68. The van der Waals surface area contributed by atoms with E-state index in [1.807, 2.05) is 6.07 Å². The van der Waals surface area contributed by atoms with Crippen molar-refractivity contribution in [3.63, 3.8) is 0 Å². The summed E-state index contributed by atoms with van der Waals surface area (Å²) >= 11 is 0. The highest BCUT2D eigenvalue weighted by atomic mass is 16.7. The molecule has 3 aliphatic heterocycles. The number of carbonyl (C=O) groups excluding carboxylic acids is 5. The molecule has 1 fully saturated rings. The summed E-state index contributed by atoms with van der Waals surface area (Å²) in [6.07, 6.45) is 6.96. The minimum atomic E-state index is -0.667. The molecule has 4 heterocycles. The normalized spacial score (nSPS) is 16.0. The number of fused-ring (bicyclic) bond motifs is 2. The Hall–Kier alpha value is -4.22. The SMILES string of the molecule is O=C(CCCCCCC(=O)ON1C(=O)CCC1=O)NCCNC(=O)c1cc2cc3c4c(c2oc1=O)CCCN4CCC3. The van der Waals surface area contributed by atoms with Gasteiger partial charge in [0.05, 0.1) is 0 Å². The van der Waals surface area contributed by atoms with Gasteiger partial charge in [0.1, 0.15) is 11.1 Å². The Labute approximate surface area is 242 Å². The molecule has 1 saturated heterocycles. The molecule has 4 amide bonds. The fourth-order valence-corrected chi connectivity index (χ4v) is 5.88. The van der Waals surface area contributed by atoms with Crippen molar-refractivity contribution in [3.05, 3.63) is 39.2 Å². The van der Waals surface area contributed by atoms with Gasteiger partial charge in [0.2, 0.25) is 5.91 Å². The average Bonchev–Trinajstić information content (AvgIpc) is 3.29. The van der Waals surface area contributed by atoms with Crippen LogP contribution in [0.5, 0.6) is 0 Å². The predicted molar refractivity (Wildman–Crippen MR) is 152 cm³/mol. The fourth-order valence-electron chi connectivity index (χ4n) is 5.88. The van der Waals surface area contributed by atoms with Gasteiger partial charge in [-0.15, -0.1) is 5.06 Å². The fraction of sp³-hybridized carbons (Fsp3) is 0.533. The molecule has 42 heavy (non-hydrogen) atoms. The van der Waals surface area contributed by atoms with Gasteiger partial charge in [-0.25, -0.2) is 9.59 Å². The molecule has 0 saturated carbocycles. The van der Waals surface area contributed by atoms with Crippen LogP contribution in [0.3, 0.4) is 0 Å². The Morgan fingerprint density at radius 2 is 1.52 bits per heavy atom. The van der Waals surface area contributed by atoms with Crippen LogP contribution in [0.15, 0.2) is 21.3 Å². The largest absolute Gasteiger partial charge is 0.422 e. The maximum Gasteiger partial charge on any atom is 0.349 e. The monoisotopic (exact) mass is 580 g/mol. The molecular weight excluding hydrogens is 544 g/mol. The summed E-state index contributed by atoms with van der Waals surface area (Å²) in [6, 6.07) is 3.65. The van der Waals surface area contributed by atoms with E-state index in [9.17, 15) is 28.8 Å². The van der Waals surface area contributed by atoms with E-state index in [0.29, 0.717) is 36.3 Å². The topological polar surface area (TPSA) is 155 Å². The molecule has 5 rings (SSSR count). The molecular formula is C30H36N4O8. The van der Waals surface area contributed by atoms with E-state index in [2.05, 4.69) is 15.5 Å². The first-order valence-electron chi connectivity index (χ1n) is 14.8. The van der Waals surface area contributed by atoms with Gasteiger partial charge in [0, 0.05) is 68.5 Å². The maximum atomic E-state index is 12.7. The Kier molecular flexibility index (Phi) is 9.19. The van der Waals surface area contributed by atoms with Crippen LogP contribution in [-0.4, -0.2) is 60.8 Å². The van der Waals surface area contributed by atoms with Gasteiger partial charge in [-0.3, -0.25) is 19.2 Å². The highest BCUT2D eigenvalue weighted by Crippen LogP contribution is 2.39. The van der Waals surface area contributed by atoms with Gasteiger partial charge < -0.3 is 24.8 Å². The van der Waals surface area contributed by atoms with E-state index in [1.54, 1.807) is 6.07 Å². The minimum absolute atomic E-state index is 0.0491. The second-order valence-electron chi connectivity index (χ2n) is 11.0. The van der Waals surface area contributed by atoms with Gasteiger partial charge in [0.25, 0.3) is 17.7 Å². The Balaban J connectivity index is 0.999. The molecule has 0 atom stereocenters. The lowest BCUT2D eigenvalue weighted by molar-refractivity contribution is -0.197. The lowest BCUT2D eigenvalue weighted by Gasteiger charge is -2.37. The highest BCUT2D eigenvalue weighted by Gasteiger charge is 2.32. The van der Waals surface area contributed by atoms with Crippen molar-refractivity contribution in [2.45, 2.75) is 77.0 Å². The van der Waals surface area contributed by atoms with Crippen LogP contribution in [0.25, 0.3) is 11.0 Å². The molecule has 2 aromatic rings. The van der Waals surface area contributed by atoms with Crippen LogP contribution < -0.4 is 21.2 Å². The molecule has 0 radical (unpaired) electrons. The van der Waals surface area contributed by atoms with Gasteiger partial charge in [-0.1, -0.05) is 12.8 Å². The number of rotatable bonds is 12. The van der Waals surface area contributed by atoms with E-state index in [-0.39, 0.29) is 43.8 Å². The van der Waals surface area contributed by atoms with E-state index in [0.717, 1.165) is 56.1 Å². The first-order chi connectivity index (χ1) is 20.3. The van der Waals surface area contributed by atoms with Gasteiger partial charge in [-0.2, -0.15) is 0 Å². The van der Waals surface area contributed by atoms with Gasteiger partial charge in [-0.05, 0) is 56.2 Å². The van der Waals surface area contributed by atoms with Crippen molar-refractivity contribution in [2.24, 2.45) is 0 Å². The van der Waals surface area contributed by atoms with Crippen molar-refractivity contribution in [2.75, 3.05) is 31.1 Å². The molecule has 3 aliphatic rings. The number of aryl methyl sites for hydroxylation is 2. The molecule has 2 N–H and O–H groups in total. The van der Waals surface area contributed by atoms with E-state index in [4.69, 9.17) is 9.25 Å². The number of hydroxylamine groups is 2. The van der Waals surface area contributed by atoms with E-state index < -0.39 is 29.3 Å². The molecule has 224 valence electrons. The summed E-state index contributed by atoms with van der Waals surface area (Å²) in [5.74, 6) is -2.33. The first kappa shape index (κ1) is 29.3. The zero-order chi connectivity index (χ0) is 29.6. The van der Waals surface area contributed by atoms with Crippen LogP contribution >= 0.6 is 0 Å². The summed E-state index contributed by atoms with van der Waals surface area (Å²) in [4.78, 5) is 79.5. The van der Waals surface area contributed by atoms with Crippen molar-refractivity contribution in [1.82, 2.24) is 15.7 Å².